The third kappa shape index (κ3) is 4.53. The molecule has 0 unspecified atom stereocenters. The Morgan fingerprint density at radius 1 is 1.19 bits per heavy atom. The lowest BCUT2D eigenvalue weighted by atomic mass is 10.1. The third-order valence-electron chi connectivity index (χ3n) is 4.05. The van der Waals surface area contributed by atoms with Gasteiger partial charge in [-0.3, -0.25) is 14.5 Å². The van der Waals surface area contributed by atoms with Crippen molar-refractivity contribution in [1.82, 2.24) is 4.90 Å². The highest BCUT2D eigenvalue weighted by Gasteiger charge is 2.21. The number of benzene rings is 2. The molecule has 1 heterocycles. The van der Waals surface area contributed by atoms with Gasteiger partial charge in [0.25, 0.3) is 0 Å². The number of carbonyl (C=O) groups excluding carboxylic acids is 2. The van der Waals surface area contributed by atoms with Crippen molar-refractivity contribution in [3.63, 3.8) is 0 Å². The second-order valence-electron chi connectivity index (χ2n) is 6.24. The first-order valence-corrected chi connectivity index (χ1v) is 8.96. The van der Waals surface area contributed by atoms with Crippen LogP contribution in [0.5, 0.6) is 11.5 Å². The Morgan fingerprint density at radius 3 is 2.59 bits per heavy atom. The quantitative estimate of drug-likeness (QED) is 0.731. The molecule has 27 heavy (non-hydrogen) atoms. The number of nitrogens with one attached hydrogen (secondary N) is 1. The summed E-state index contributed by atoms with van der Waals surface area (Å²) >= 11 is 12.2. The summed E-state index contributed by atoms with van der Waals surface area (Å²) in [5.41, 5.74) is 1.59. The molecule has 8 heteroatoms. The summed E-state index contributed by atoms with van der Waals surface area (Å²) in [4.78, 5) is 26.1. The van der Waals surface area contributed by atoms with Crippen molar-refractivity contribution in [2.75, 3.05) is 25.7 Å². The van der Waals surface area contributed by atoms with E-state index >= 15 is 0 Å². The number of nitrogens with zero attached hydrogens (tertiary/aromatic N) is 1. The highest BCUT2D eigenvalue weighted by Crippen LogP contribution is 2.37. The number of hydrogen-bond donors (Lipinski definition) is 1. The number of ether oxygens (including phenoxy) is 2. The van der Waals surface area contributed by atoms with Gasteiger partial charge in [-0.2, -0.15) is 0 Å². The molecule has 2 aromatic rings. The molecule has 142 valence electrons. The molecule has 1 amide bonds. The molecule has 0 aromatic heterocycles. The second-order valence-corrected chi connectivity index (χ2v) is 7.03. The van der Waals surface area contributed by atoms with Crippen LogP contribution in [0.2, 0.25) is 10.0 Å². The van der Waals surface area contributed by atoms with Crippen LogP contribution in [0.1, 0.15) is 22.8 Å². The number of ketones is 1. The van der Waals surface area contributed by atoms with Crippen molar-refractivity contribution < 1.29 is 19.1 Å². The molecule has 0 saturated heterocycles. The van der Waals surface area contributed by atoms with Crippen LogP contribution in [0.15, 0.2) is 30.3 Å². The highest BCUT2D eigenvalue weighted by molar-refractivity contribution is 6.42. The smallest absolute Gasteiger partial charge is 0.238 e. The summed E-state index contributed by atoms with van der Waals surface area (Å²) in [7, 11) is 1.79. The van der Waals surface area contributed by atoms with Gasteiger partial charge in [0.1, 0.15) is 0 Å². The van der Waals surface area contributed by atoms with Gasteiger partial charge in [-0.25, -0.2) is 0 Å². The average Bonchev–Trinajstić information content (AvgIpc) is 3.05. The molecule has 0 radical (unpaired) electrons. The normalized spacial score (nSPS) is 12.3. The molecule has 1 aliphatic heterocycles. The van der Waals surface area contributed by atoms with E-state index in [1.165, 1.54) is 6.92 Å². The maximum absolute atomic E-state index is 12.4. The maximum atomic E-state index is 12.4. The van der Waals surface area contributed by atoms with Gasteiger partial charge in [0.2, 0.25) is 12.7 Å². The van der Waals surface area contributed by atoms with Crippen molar-refractivity contribution in [2.45, 2.75) is 13.5 Å². The number of halogens is 2. The van der Waals surface area contributed by atoms with Crippen LogP contribution in [0.4, 0.5) is 5.69 Å². The van der Waals surface area contributed by atoms with E-state index in [9.17, 15) is 9.59 Å². The molecule has 0 bridgehead atoms. The molecule has 1 N–H and O–H groups in total. The minimum atomic E-state index is -0.267. The van der Waals surface area contributed by atoms with Crippen LogP contribution in [0, 0.1) is 0 Å². The first-order chi connectivity index (χ1) is 12.8. The van der Waals surface area contributed by atoms with Crippen molar-refractivity contribution in [2.24, 2.45) is 0 Å². The molecular weight excluding hydrogens is 391 g/mol. The van der Waals surface area contributed by atoms with Crippen molar-refractivity contribution >= 4 is 40.6 Å². The molecule has 1 aliphatic rings. The predicted octanol–water partition coefficient (Wildman–Crippen LogP) is 4.00. The Morgan fingerprint density at radius 2 is 1.89 bits per heavy atom. The van der Waals surface area contributed by atoms with Crippen LogP contribution < -0.4 is 14.8 Å². The van der Waals surface area contributed by atoms with Crippen LogP contribution in [0.25, 0.3) is 0 Å². The summed E-state index contributed by atoms with van der Waals surface area (Å²) in [6, 6.07) is 8.56. The van der Waals surface area contributed by atoms with Gasteiger partial charge >= 0.3 is 0 Å². The molecule has 0 saturated carbocycles. The largest absolute Gasteiger partial charge is 0.454 e. The number of amides is 1. The van der Waals surface area contributed by atoms with Crippen LogP contribution in [-0.2, 0) is 11.3 Å². The van der Waals surface area contributed by atoms with E-state index in [2.05, 4.69) is 5.32 Å². The summed E-state index contributed by atoms with van der Waals surface area (Å²) in [6.07, 6.45) is 0. The Kier molecular flexibility index (Phi) is 5.89. The van der Waals surface area contributed by atoms with Gasteiger partial charge in [-0.15, -0.1) is 0 Å². The van der Waals surface area contributed by atoms with E-state index < -0.39 is 0 Å². The molecule has 6 nitrogen and oxygen atoms in total. The maximum Gasteiger partial charge on any atom is 0.238 e. The molecular formula is C19H18Cl2N2O4. The average molecular weight is 409 g/mol. The lowest BCUT2D eigenvalue weighted by molar-refractivity contribution is -0.117. The van der Waals surface area contributed by atoms with Gasteiger partial charge < -0.3 is 14.8 Å². The van der Waals surface area contributed by atoms with E-state index in [4.69, 9.17) is 32.7 Å². The summed E-state index contributed by atoms with van der Waals surface area (Å²) in [6.45, 7) is 2.08. The Balaban J connectivity index is 1.69. The summed E-state index contributed by atoms with van der Waals surface area (Å²) in [5.74, 6) is 0.542. The second kappa shape index (κ2) is 8.17. The predicted molar refractivity (Wildman–Crippen MR) is 104 cm³/mol. The van der Waals surface area contributed by atoms with Crippen LogP contribution >= 0.6 is 23.2 Å². The lowest BCUT2D eigenvalue weighted by Gasteiger charge is -2.18. The van der Waals surface area contributed by atoms with E-state index in [1.807, 2.05) is 12.1 Å². The van der Waals surface area contributed by atoms with Gasteiger partial charge in [0.15, 0.2) is 17.3 Å². The van der Waals surface area contributed by atoms with E-state index in [-0.39, 0.29) is 25.0 Å². The minimum absolute atomic E-state index is 0.0905. The van der Waals surface area contributed by atoms with Gasteiger partial charge in [0.05, 0.1) is 22.3 Å². The first-order valence-electron chi connectivity index (χ1n) is 8.21. The molecule has 0 fully saturated rings. The molecule has 0 atom stereocenters. The van der Waals surface area contributed by atoms with Crippen molar-refractivity contribution in [3.05, 3.63) is 51.5 Å². The molecule has 0 aliphatic carbocycles. The Hall–Kier alpha value is -2.28. The number of hydrogen-bond acceptors (Lipinski definition) is 5. The molecule has 3 rings (SSSR count). The Labute approximate surface area is 167 Å². The first kappa shape index (κ1) is 19.5. The fraction of sp³-hybridized carbons (Fsp3) is 0.263. The zero-order chi connectivity index (χ0) is 19.6. The summed E-state index contributed by atoms with van der Waals surface area (Å²) in [5, 5.41) is 3.71. The molecule has 2 aromatic carbocycles. The number of anilines is 1. The number of carbonyl (C=O) groups is 2. The third-order valence-corrected chi connectivity index (χ3v) is 4.91. The lowest BCUT2D eigenvalue weighted by Crippen LogP contribution is -2.30. The molecule has 0 spiro atoms. The number of rotatable bonds is 6. The number of Topliss-reactive ketones (excluding diaryl/α,β-unsaturated/α-hetero) is 1. The highest BCUT2D eigenvalue weighted by atomic mass is 35.5. The number of likely N-dealkylation sites (N-methyl/N-ethyl adjacent to an activating group) is 1. The monoisotopic (exact) mass is 408 g/mol. The van der Waals surface area contributed by atoms with Crippen LogP contribution in [-0.4, -0.2) is 37.0 Å². The zero-order valence-electron chi connectivity index (χ0n) is 14.8. The van der Waals surface area contributed by atoms with E-state index in [0.29, 0.717) is 39.3 Å². The van der Waals surface area contributed by atoms with Gasteiger partial charge in [0, 0.05) is 18.2 Å². The zero-order valence-corrected chi connectivity index (χ0v) is 16.4. The van der Waals surface area contributed by atoms with Gasteiger partial charge in [-0.05, 0) is 31.7 Å². The fourth-order valence-corrected chi connectivity index (χ4v) is 3.17. The standard InChI is InChI=1S/C19H18Cl2N2O4/c1-11(24)13-6-16-17(27-10-26-16)7-15(13)22-18(25)9-23(2)8-12-4-3-5-14(20)19(12)21/h3-7H,8-10H2,1-2H3,(H,22,25). The summed E-state index contributed by atoms with van der Waals surface area (Å²) < 4.78 is 10.6. The number of fused-ring (bicyclic) bond motifs is 1. The van der Waals surface area contributed by atoms with Crippen molar-refractivity contribution in [3.8, 4) is 11.5 Å². The van der Waals surface area contributed by atoms with Crippen LogP contribution in [0.3, 0.4) is 0 Å². The van der Waals surface area contributed by atoms with Crippen molar-refractivity contribution in [1.29, 1.82) is 0 Å². The SMILES string of the molecule is CC(=O)c1cc2c(cc1NC(=O)CN(C)Cc1cccc(Cl)c1Cl)OCO2. The van der Waals surface area contributed by atoms with E-state index in [1.54, 1.807) is 30.1 Å². The minimum Gasteiger partial charge on any atom is -0.454 e. The topological polar surface area (TPSA) is 67.9 Å². The fourth-order valence-electron chi connectivity index (χ4n) is 2.79. The van der Waals surface area contributed by atoms with Gasteiger partial charge in [-0.1, -0.05) is 35.3 Å². The Bertz CT molecular complexity index is 902. The van der Waals surface area contributed by atoms with E-state index in [0.717, 1.165) is 5.56 Å².